The van der Waals surface area contributed by atoms with Gasteiger partial charge < -0.3 is 0 Å². The number of halogens is 1. The Labute approximate surface area is 155 Å². The van der Waals surface area contributed by atoms with Crippen molar-refractivity contribution in [3.63, 3.8) is 0 Å². The quantitative estimate of drug-likeness (QED) is 0.452. The van der Waals surface area contributed by atoms with Crippen LogP contribution in [0.25, 0.3) is 28.2 Å². The molecule has 0 radical (unpaired) electrons. The summed E-state index contributed by atoms with van der Waals surface area (Å²) in [5.74, 6) is -0.258. The van der Waals surface area contributed by atoms with Gasteiger partial charge in [-0.15, -0.1) is 11.8 Å². The van der Waals surface area contributed by atoms with Crippen molar-refractivity contribution in [1.29, 1.82) is 0 Å². The predicted molar refractivity (Wildman–Crippen MR) is 104 cm³/mol. The number of benzene rings is 2. The second-order valence-electron chi connectivity index (χ2n) is 5.76. The SMILES string of the molecule is CSc1cccc(-n2cnc(-c3ccc(F)cc3)c2-c2ccncc2)c1. The first-order valence-corrected chi connectivity index (χ1v) is 9.37. The zero-order valence-electron chi connectivity index (χ0n) is 14.1. The van der Waals surface area contributed by atoms with Gasteiger partial charge in [-0.3, -0.25) is 9.55 Å². The van der Waals surface area contributed by atoms with E-state index in [9.17, 15) is 4.39 Å². The van der Waals surface area contributed by atoms with E-state index in [-0.39, 0.29) is 5.82 Å². The fraction of sp³-hybridized carbons (Fsp3) is 0.0476. The van der Waals surface area contributed by atoms with Crippen LogP contribution in [0.3, 0.4) is 0 Å². The molecule has 4 rings (SSSR count). The molecule has 0 N–H and O–H groups in total. The molecule has 0 amide bonds. The van der Waals surface area contributed by atoms with Gasteiger partial charge in [-0.2, -0.15) is 0 Å². The number of imidazole rings is 1. The van der Waals surface area contributed by atoms with Crippen molar-refractivity contribution < 1.29 is 4.39 Å². The van der Waals surface area contributed by atoms with Crippen LogP contribution in [-0.4, -0.2) is 20.8 Å². The molecule has 2 aromatic heterocycles. The van der Waals surface area contributed by atoms with E-state index >= 15 is 0 Å². The summed E-state index contributed by atoms with van der Waals surface area (Å²) in [5, 5.41) is 0. The Balaban J connectivity index is 1.94. The number of rotatable bonds is 4. The molecule has 2 aromatic carbocycles. The molecule has 0 atom stereocenters. The van der Waals surface area contributed by atoms with Crippen molar-refractivity contribution in [2.45, 2.75) is 4.90 Å². The molecule has 0 aliphatic rings. The van der Waals surface area contributed by atoms with Gasteiger partial charge in [0.2, 0.25) is 0 Å². The minimum atomic E-state index is -0.258. The average Bonchev–Trinajstić information content (AvgIpc) is 3.14. The van der Waals surface area contributed by atoms with Gasteiger partial charge in [0, 0.05) is 34.1 Å². The predicted octanol–water partition coefficient (Wildman–Crippen LogP) is 5.46. The van der Waals surface area contributed by atoms with Gasteiger partial charge in [0.1, 0.15) is 12.1 Å². The number of thioether (sulfide) groups is 1. The van der Waals surface area contributed by atoms with E-state index in [1.54, 1.807) is 36.3 Å². The van der Waals surface area contributed by atoms with Crippen LogP contribution in [0.5, 0.6) is 0 Å². The summed E-state index contributed by atoms with van der Waals surface area (Å²) in [7, 11) is 0. The Bertz CT molecular complexity index is 1030. The van der Waals surface area contributed by atoms with Gasteiger partial charge in [-0.25, -0.2) is 9.37 Å². The van der Waals surface area contributed by atoms with Gasteiger partial charge in [0.15, 0.2) is 0 Å². The van der Waals surface area contributed by atoms with E-state index in [0.29, 0.717) is 0 Å². The highest BCUT2D eigenvalue weighted by Gasteiger charge is 2.16. The first kappa shape index (κ1) is 16.5. The second-order valence-corrected chi connectivity index (χ2v) is 6.64. The van der Waals surface area contributed by atoms with Gasteiger partial charge in [-0.1, -0.05) is 6.07 Å². The van der Waals surface area contributed by atoms with Crippen LogP contribution in [0, 0.1) is 5.82 Å². The lowest BCUT2D eigenvalue weighted by molar-refractivity contribution is 0.628. The third-order valence-electron chi connectivity index (χ3n) is 4.17. The van der Waals surface area contributed by atoms with Crippen molar-refractivity contribution in [2.75, 3.05) is 6.26 Å². The molecule has 0 aliphatic carbocycles. The van der Waals surface area contributed by atoms with E-state index in [1.165, 1.54) is 17.0 Å². The first-order chi connectivity index (χ1) is 12.8. The Kier molecular flexibility index (Phi) is 4.54. The van der Waals surface area contributed by atoms with Crippen molar-refractivity contribution in [1.82, 2.24) is 14.5 Å². The van der Waals surface area contributed by atoms with Gasteiger partial charge in [-0.05, 0) is 60.9 Å². The summed E-state index contributed by atoms with van der Waals surface area (Å²) in [5.41, 5.74) is 4.68. The highest BCUT2D eigenvalue weighted by Crippen LogP contribution is 2.33. The van der Waals surface area contributed by atoms with Crippen molar-refractivity contribution in [3.8, 4) is 28.2 Å². The fourth-order valence-corrected chi connectivity index (χ4v) is 3.36. The third-order valence-corrected chi connectivity index (χ3v) is 4.90. The van der Waals surface area contributed by atoms with Crippen LogP contribution >= 0.6 is 11.8 Å². The molecule has 26 heavy (non-hydrogen) atoms. The number of hydrogen-bond donors (Lipinski definition) is 0. The molecule has 0 unspecified atom stereocenters. The minimum absolute atomic E-state index is 0.258. The van der Waals surface area contributed by atoms with Crippen LogP contribution in [-0.2, 0) is 0 Å². The average molecular weight is 361 g/mol. The topological polar surface area (TPSA) is 30.7 Å². The molecule has 3 nitrogen and oxygen atoms in total. The molecule has 0 fully saturated rings. The Morgan fingerprint density at radius 3 is 2.42 bits per heavy atom. The molecule has 0 aliphatic heterocycles. The van der Waals surface area contributed by atoms with Gasteiger partial charge in [0.25, 0.3) is 0 Å². The molecule has 0 bridgehead atoms. The lowest BCUT2D eigenvalue weighted by Crippen LogP contribution is -1.96. The molecule has 0 saturated heterocycles. The normalized spacial score (nSPS) is 10.8. The summed E-state index contributed by atoms with van der Waals surface area (Å²) in [6.45, 7) is 0. The summed E-state index contributed by atoms with van der Waals surface area (Å²) in [6, 6.07) is 18.6. The summed E-state index contributed by atoms with van der Waals surface area (Å²) in [4.78, 5) is 9.93. The van der Waals surface area contributed by atoms with Crippen LogP contribution in [0.15, 0.2) is 84.3 Å². The summed E-state index contributed by atoms with van der Waals surface area (Å²) < 4.78 is 15.4. The van der Waals surface area contributed by atoms with Crippen LogP contribution in [0.1, 0.15) is 0 Å². The lowest BCUT2D eigenvalue weighted by Gasteiger charge is -2.11. The van der Waals surface area contributed by atoms with Gasteiger partial charge >= 0.3 is 0 Å². The second kappa shape index (κ2) is 7.14. The standard InChI is InChI=1S/C21H16FN3S/c1-26-19-4-2-3-18(13-19)25-14-24-20(15-5-7-17(22)8-6-15)21(25)16-9-11-23-12-10-16/h2-14H,1H3. The Morgan fingerprint density at radius 1 is 0.923 bits per heavy atom. The van der Waals surface area contributed by atoms with E-state index in [2.05, 4.69) is 39.0 Å². The van der Waals surface area contributed by atoms with Crippen molar-refractivity contribution in [2.24, 2.45) is 0 Å². The van der Waals surface area contributed by atoms with Crippen LogP contribution in [0.4, 0.5) is 4.39 Å². The zero-order chi connectivity index (χ0) is 17.9. The number of nitrogens with zero attached hydrogens (tertiary/aromatic N) is 3. The zero-order valence-corrected chi connectivity index (χ0v) is 14.9. The largest absolute Gasteiger partial charge is 0.298 e. The Morgan fingerprint density at radius 2 is 1.69 bits per heavy atom. The molecular weight excluding hydrogens is 345 g/mol. The van der Waals surface area contributed by atoms with Crippen molar-refractivity contribution >= 4 is 11.8 Å². The monoisotopic (exact) mass is 361 g/mol. The van der Waals surface area contributed by atoms with Crippen LogP contribution < -0.4 is 0 Å². The minimum Gasteiger partial charge on any atom is -0.298 e. The molecular formula is C21H16FN3S. The maximum atomic E-state index is 13.3. The molecule has 2 heterocycles. The molecule has 0 spiro atoms. The van der Waals surface area contributed by atoms with E-state index in [0.717, 1.165) is 28.2 Å². The van der Waals surface area contributed by atoms with E-state index in [1.807, 2.05) is 24.5 Å². The maximum absolute atomic E-state index is 13.3. The number of pyridine rings is 1. The van der Waals surface area contributed by atoms with E-state index < -0.39 is 0 Å². The number of hydrogen-bond acceptors (Lipinski definition) is 3. The maximum Gasteiger partial charge on any atom is 0.123 e. The fourth-order valence-electron chi connectivity index (χ4n) is 2.91. The smallest absolute Gasteiger partial charge is 0.123 e. The Hall–Kier alpha value is -2.92. The van der Waals surface area contributed by atoms with Crippen LogP contribution in [0.2, 0.25) is 0 Å². The van der Waals surface area contributed by atoms with Crippen molar-refractivity contribution in [3.05, 3.63) is 85.2 Å². The summed E-state index contributed by atoms with van der Waals surface area (Å²) in [6.07, 6.45) is 7.40. The molecule has 5 heteroatoms. The third kappa shape index (κ3) is 3.13. The molecule has 128 valence electrons. The molecule has 0 saturated carbocycles. The van der Waals surface area contributed by atoms with Gasteiger partial charge in [0.05, 0.1) is 11.4 Å². The lowest BCUT2D eigenvalue weighted by atomic mass is 10.1. The molecule has 4 aromatic rings. The number of aromatic nitrogens is 3. The van der Waals surface area contributed by atoms with E-state index in [4.69, 9.17) is 0 Å². The highest BCUT2D eigenvalue weighted by atomic mass is 32.2. The highest BCUT2D eigenvalue weighted by molar-refractivity contribution is 7.98. The first-order valence-electron chi connectivity index (χ1n) is 8.14. The summed E-state index contributed by atoms with van der Waals surface area (Å²) >= 11 is 1.70.